The summed E-state index contributed by atoms with van der Waals surface area (Å²) < 4.78 is 0. The highest BCUT2D eigenvalue weighted by Gasteiger charge is 2.29. The summed E-state index contributed by atoms with van der Waals surface area (Å²) in [6, 6.07) is 7.80. The van der Waals surface area contributed by atoms with E-state index in [0.29, 0.717) is 19.3 Å². The van der Waals surface area contributed by atoms with Gasteiger partial charge in [0.25, 0.3) is 0 Å². The number of piperidine rings is 1. The van der Waals surface area contributed by atoms with Gasteiger partial charge in [-0.15, -0.1) is 0 Å². The second-order valence-corrected chi connectivity index (χ2v) is 7.59. The maximum atomic E-state index is 12.7. The van der Waals surface area contributed by atoms with Crippen LogP contribution in [0.1, 0.15) is 38.7 Å². The molecule has 1 saturated heterocycles. The molecule has 3 amide bonds. The number of amides is 3. The molecule has 2 rings (SSSR count). The first-order chi connectivity index (χ1) is 13.9. The van der Waals surface area contributed by atoms with Crippen molar-refractivity contribution in [2.24, 2.45) is 11.8 Å². The van der Waals surface area contributed by atoms with Crippen LogP contribution in [0.2, 0.25) is 0 Å². The highest BCUT2D eigenvalue weighted by atomic mass is 16.2. The first-order valence-corrected chi connectivity index (χ1v) is 9.97. The van der Waals surface area contributed by atoms with Crippen molar-refractivity contribution in [1.82, 2.24) is 16.0 Å². The number of aldehydes is 1. The molecule has 7 nitrogen and oxygen atoms in total. The second-order valence-electron chi connectivity index (χ2n) is 7.59. The van der Waals surface area contributed by atoms with E-state index in [0.717, 1.165) is 12.0 Å². The zero-order valence-electron chi connectivity index (χ0n) is 16.9. The van der Waals surface area contributed by atoms with Gasteiger partial charge in [0.05, 0.1) is 6.04 Å². The maximum Gasteiger partial charge on any atom is 0.244 e. The Kier molecular flexibility index (Phi) is 8.58. The topological polar surface area (TPSA) is 104 Å². The molecule has 156 valence electrons. The van der Waals surface area contributed by atoms with E-state index in [4.69, 9.17) is 0 Å². The Hall–Kier alpha value is -2.96. The predicted octanol–water partition coefficient (Wildman–Crippen LogP) is 1.44. The average Bonchev–Trinajstić information content (AvgIpc) is 2.71. The molecule has 0 aromatic heterocycles. The van der Waals surface area contributed by atoms with Crippen LogP contribution in [-0.2, 0) is 19.2 Å². The Balaban J connectivity index is 1.94. The minimum Gasteiger partial charge on any atom is -0.356 e. The zero-order valence-corrected chi connectivity index (χ0v) is 16.9. The molecule has 1 aliphatic heterocycles. The summed E-state index contributed by atoms with van der Waals surface area (Å²) in [6.45, 7) is 4.28. The first kappa shape index (κ1) is 22.3. The van der Waals surface area contributed by atoms with E-state index in [1.807, 2.05) is 44.2 Å². The minimum absolute atomic E-state index is 0.0860. The fourth-order valence-electron chi connectivity index (χ4n) is 3.26. The van der Waals surface area contributed by atoms with E-state index in [1.165, 1.54) is 6.08 Å². The van der Waals surface area contributed by atoms with E-state index in [1.54, 1.807) is 6.08 Å². The molecule has 0 spiro atoms. The average molecular weight is 399 g/mol. The fraction of sp³-hybridized carbons (Fsp3) is 0.455. The lowest BCUT2D eigenvalue weighted by molar-refractivity contribution is -0.131. The summed E-state index contributed by atoms with van der Waals surface area (Å²) >= 11 is 0. The molecule has 0 radical (unpaired) electrons. The largest absolute Gasteiger partial charge is 0.356 e. The summed E-state index contributed by atoms with van der Waals surface area (Å²) in [5.74, 6) is -1.38. The molecule has 1 heterocycles. The summed E-state index contributed by atoms with van der Waals surface area (Å²) in [6.07, 6.45) is 5.50. The van der Waals surface area contributed by atoms with E-state index in [9.17, 15) is 19.2 Å². The Morgan fingerprint density at radius 1 is 1.21 bits per heavy atom. The van der Waals surface area contributed by atoms with Gasteiger partial charge >= 0.3 is 0 Å². The van der Waals surface area contributed by atoms with Gasteiger partial charge in [-0.25, -0.2) is 0 Å². The van der Waals surface area contributed by atoms with Crippen molar-refractivity contribution < 1.29 is 19.2 Å². The van der Waals surface area contributed by atoms with Gasteiger partial charge in [-0.2, -0.15) is 0 Å². The molecule has 3 atom stereocenters. The first-order valence-electron chi connectivity index (χ1n) is 9.97. The van der Waals surface area contributed by atoms with Crippen LogP contribution in [0.15, 0.2) is 36.4 Å². The van der Waals surface area contributed by atoms with Crippen LogP contribution in [-0.4, -0.2) is 42.6 Å². The van der Waals surface area contributed by atoms with Gasteiger partial charge in [0.1, 0.15) is 12.3 Å². The molecule has 1 aromatic carbocycles. The molecular formula is C22H29N3O4. The van der Waals surface area contributed by atoms with E-state index in [-0.39, 0.29) is 24.2 Å². The molecule has 29 heavy (non-hydrogen) atoms. The standard InChI is InChI=1S/C22H29N3O4/c1-15(2)20(25-19(27)11-10-16-7-4-3-5-8-16)22(29)24-18(14-26)13-17-9-6-12-23-21(17)28/h3-5,7-8,10-11,14-15,17-18,20H,6,9,12-13H2,1-2H3,(H,23,28)(H,24,29)(H,25,27)/b11-10+/t17?,18-,20-/m0/s1. The Morgan fingerprint density at radius 2 is 1.93 bits per heavy atom. The van der Waals surface area contributed by atoms with Gasteiger partial charge in [-0.05, 0) is 36.8 Å². The molecule has 1 unspecified atom stereocenters. The normalized spacial score (nSPS) is 18.7. The summed E-state index contributed by atoms with van der Waals surface area (Å²) in [5.41, 5.74) is 0.875. The number of rotatable bonds is 9. The van der Waals surface area contributed by atoms with Crippen molar-refractivity contribution in [3.05, 3.63) is 42.0 Å². The number of carbonyl (C=O) groups excluding carboxylic acids is 4. The van der Waals surface area contributed by atoms with Crippen LogP contribution < -0.4 is 16.0 Å². The monoisotopic (exact) mass is 399 g/mol. The van der Waals surface area contributed by atoms with Crippen LogP contribution in [0.4, 0.5) is 0 Å². The highest BCUT2D eigenvalue weighted by Crippen LogP contribution is 2.17. The fourth-order valence-corrected chi connectivity index (χ4v) is 3.26. The number of nitrogens with one attached hydrogen (secondary N) is 3. The van der Waals surface area contributed by atoms with Crippen molar-refractivity contribution in [3.8, 4) is 0 Å². The minimum atomic E-state index is -0.787. The lowest BCUT2D eigenvalue weighted by atomic mass is 9.91. The van der Waals surface area contributed by atoms with Gasteiger partial charge in [-0.1, -0.05) is 44.2 Å². The molecule has 0 bridgehead atoms. The number of carbonyl (C=O) groups is 4. The smallest absolute Gasteiger partial charge is 0.244 e. The van der Waals surface area contributed by atoms with Gasteiger partial charge in [-0.3, -0.25) is 14.4 Å². The van der Waals surface area contributed by atoms with Crippen molar-refractivity contribution >= 4 is 30.1 Å². The zero-order chi connectivity index (χ0) is 21.2. The third-order valence-corrected chi connectivity index (χ3v) is 4.90. The van der Waals surface area contributed by atoms with Crippen molar-refractivity contribution in [2.75, 3.05) is 6.54 Å². The van der Waals surface area contributed by atoms with E-state index in [2.05, 4.69) is 16.0 Å². The number of benzene rings is 1. The molecule has 0 saturated carbocycles. The summed E-state index contributed by atoms with van der Waals surface area (Å²) in [5, 5.41) is 8.14. The van der Waals surface area contributed by atoms with Gasteiger partial charge in [0.2, 0.25) is 17.7 Å². The Bertz CT molecular complexity index is 746. The molecule has 1 fully saturated rings. The van der Waals surface area contributed by atoms with Crippen LogP contribution in [0.5, 0.6) is 0 Å². The summed E-state index contributed by atoms with van der Waals surface area (Å²) in [4.78, 5) is 48.3. The van der Waals surface area contributed by atoms with Crippen LogP contribution in [0.25, 0.3) is 6.08 Å². The summed E-state index contributed by atoms with van der Waals surface area (Å²) in [7, 11) is 0. The maximum absolute atomic E-state index is 12.7. The van der Waals surface area contributed by atoms with Gasteiger partial charge in [0.15, 0.2) is 0 Å². The molecular weight excluding hydrogens is 370 g/mol. The molecule has 7 heteroatoms. The molecule has 1 aliphatic rings. The molecule has 1 aromatic rings. The van der Waals surface area contributed by atoms with Crippen LogP contribution in [0.3, 0.4) is 0 Å². The number of hydrogen-bond donors (Lipinski definition) is 3. The van der Waals surface area contributed by atoms with Gasteiger partial charge in [0, 0.05) is 18.5 Å². The van der Waals surface area contributed by atoms with Crippen molar-refractivity contribution in [1.29, 1.82) is 0 Å². The van der Waals surface area contributed by atoms with Crippen molar-refractivity contribution in [2.45, 2.75) is 45.2 Å². The molecule has 0 aliphatic carbocycles. The molecule has 3 N–H and O–H groups in total. The lowest BCUT2D eigenvalue weighted by Crippen LogP contribution is -2.53. The Labute approximate surface area is 171 Å². The number of hydrogen-bond acceptors (Lipinski definition) is 4. The lowest BCUT2D eigenvalue weighted by Gasteiger charge is -2.26. The van der Waals surface area contributed by atoms with E-state index >= 15 is 0 Å². The van der Waals surface area contributed by atoms with Crippen LogP contribution >= 0.6 is 0 Å². The third-order valence-electron chi connectivity index (χ3n) is 4.90. The second kappa shape index (κ2) is 11.1. The predicted molar refractivity (Wildman–Crippen MR) is 111 cm³/mol. The van der Waals surface area contributed by atoms with Gasteiger partial charge < -0.3 is 20.7 Å². The quantitative estimate of drug-likeness (QED) is 0.432. The Morgan fingerprint density at radius 3 is 2.55 bits per heavy atom. The van der Waals surface area contributed by atoms with E-state index < -0.39 is 23.9 Å². The van der Waals surface area contributed by atoms with Crippen LogP contribution in [0, 0.1) is 11.8 Å². The SMILES string of the molecule is CC(C)[C@H](NC(=O)/C=C/c1ccccc1)C(=O)N[C@H](C=O)CC1CCCNC1=O. The highest BCUT2D eigenvalue weighted by molar-refractivity contribution is 5.96. The third kappa shape index (κ3) is 7.18. The van der Waals surface area contributed by atoms with Crippen molar-refractivity contribution in [3.63, 3.8) is 0 Å².